The van der Waals surface area contributed by atoms with E-state index in [4.69, 9.17) is 10.5 Å². The molecule has 2 aromatic carbocycles. The first-order valence-corrected chi connectivity index (χ1v) is 15.1. The van der Waals surface area contributed by atoms with Crippen molar-refractivity contribution in [1.29, 1.82) is 0 Å². The number of likely N-dealkylation sites (tertiary alicyclic amines) is 1. The highest BCUT2D eigenvalue weighted by molar-refractivity contribution is 6.07. The van der Waals surface area contributed by atoms with Gasteiger partial charge in [0.15, 0.2) is 5.75 Å². The Bertz CT molecular complexity index is 1450. The van der Waals surface area contributed by atoms with Crippen LogP contribution in [0.3, 0.4) is 0 Å². The van der Waals surface area contributed by atoms with Crippen molar-refractivity contribution in [3.05, 3.63) is 71.0 Å². The molecule has 1 aliphatic rings. The lowest BCUT2D eigenvalue weighted by Crippen LogP contribution is -2.43. The van der Waals surface area contributed by atoms with Gasteiger partial charge in [0.1, 0.15) is 0 Å². The van der Waals surface area contributed by atoms with Gasteiger partial charge in [-0.15, -0.1) is 0 Å². The number of anilines is 2. The van der Waals surface area contributed by atoms with Gasteiger partial charge in [-0.3, -0.25) is 14.6 Å². The van der Waals surface area contributed by atoms with Gasteiger partial charge < -0.3 is 26.0 Å². The van der Waals surface area contributed by atoms with E-state index in [0.717, 1.165) is 42.0 Å². The Labute approximate surface area is 256 Å². The number of pyridine rings is 1. The van der Waals surface area contributed by atoms with Crippen LogP contribution in [-0.4, -0.2) is 55.0 Å². The number of benzene rings is 2. The first kappa shape index (κ1) is 32.0. The Hall–Kier alpha value is -3.91. The fourth-order valence-electron chi connectivity index (χ4n) is 5.57. The number of ether oxygens (including phenoxy) is 1. The number of nitrogens with two attached hydrogens (primary N) is 1. The number of carbonyl (C=O) groups excluding carboxylic acids is 2. The second-order valence-electron chi connectivity index (χ2n) is 13.5. The number of nitrogens with one attached hydrogen (secondary N) is 2. The molecule has 2 amide bonds. The maximum absolute atomic E-state index is 13.4. The molecule has 4 N–H and O–H groups in total. The summed E-state index contributed by atoms with van der Waals surface area (Å²) in [5.74, 6) is -0.0733. The van der Waals surface area contributed by atoms with Gasteiger partial charge >= 0.3 is 0 Å². The molecular weight excluding hydrogens is 538 g/mol. The van der Waals surface area contributed by atoms with Gasteiger partial charge in [-0.25, -0.2) is 0 Å². The molecule has 2 heterocycles. The Morgan fingerprint density at radius 1 is 0.977 bits per heavy atom. The molecule has 0 radical (unpaired) electrons. The summed E-state index contributed by atoms with van der Waals surface area (Å²) in [6.07, 6.45) is 5.46. The van der Waals surface area contributed by atoms with Crippen molar-refractivity contribution in [2.24, 2.45) is 5.41 Å². The molecule has 1 aliphatic heterocycles. The van der Waals surface area contributed by atoms with Crippen molar-refractivity contribution in [2.75, 3.05) is 44.3 Å². The normalized spacial score (nSPS) is 14.3. The van der Waals surface area contributed by atoms with E-state index in [2.05, 4.69) is 55.1 Å². The van der Waals surface area contributed by atoms with Crippen molar-refractivity contribution in [3.8, 4) is 16.9 Å². The quantitative estimate of drug-likeness (QED) is 0.249. The molecule has 1 aromatic heterocycles. The maximum Gasteiger partial charge on any atom is 0.259 e. The lowest BCUT2D eigenvalue weighted by molar-refractivity contribution is 0.0914. The molecule has 0 unspecified atom stereocenters. The summed E-state index contributed by atoms with van der Waals surface area (Å²) in [6, 6.07) is 13.1. The first-order valence-electron chi connectivity index (χ1n) is 15.1. The molecule has 3 aromatic rings. The predicted octanol–water partition coefficient (Wildman–Crippen LogP) is 6.44. The SMILES string of the molecule is COc1c(N)cc(C(C)(C)C)cc1C(=O)Nc1cnc(C)c(-c2ccc(C(=O)NCC(C)(C)CN3CCCCC3)cc2)c1. The number of amides is 2. The highest BCUT2D eigenvalue weighted by Crippen LogP contribution is 2.34. The number of nitrogen functional groups attached to an aromatic ring is 1. The number of hydrogen-bond acceptors (Lipinski definition) is 6. The molecule has 230 valence electrons. The van der Waals surface area contributed by atoms with Crippen LogP contribution in [0.15, 0.2) is 48.7 Å². The van der Waals surface area contributed by atoms with Gasteiger partial charge in [-0.05, 0) is 85.1 Å². The summed E-state index contributed by atoms with van der Waals surface area (Å²) < 4.78 is 5.48. The van der Waals surface area contributed by atoms with Crippen LogP contribution in [0.4, 0.5) is 11.4 Å². The zero-order valence-corrected chi connectivity index (χ0v) is 26.8. The van der Waals surface area contributed by atoms with Gasteiger partial charge in [0.25, 0.3) is 11.8 Å². The molecule has 8 nitrogen and oxygen atoms in total. The summed E-state index contributed by atoms with van der Waals surface area (Å²) in [6.45, 7) is 16.4. The van der Waals surface area contributed by atoms with Crippen molar-refractivity contribution in [2.45, 2.75) is 66.2 Å². The van der Waals surface area contributed by atoms with Gasteiger partial charge in [0.05, 0.1) is 30.2 Å². The molecule has 0 bridgehead atoms. The Balaban J connectivity index is 1.46. The summed E-state index contributed by atoms with van der Waals surface area (Å²) in [4.78, 5) is 33.4. The minimum Gasteiger partial charge on any atom is -0.494 e. The van der Waals surface area contributed by atoms with Crippen LogP contribution in [-0.2, 0) is 5.41 Å². The average Bonchev–Trinajstić information content (AvgIpc) is 2.96. The van der Waals surface area contributed by atoms with Crippen LogP contribution >= 0.6 is 0 Å². The average molecular weight is 586 g/mol. The molecule has 0 spiro atoms. The second kappa shape index (κ2) is 13.2. The number of methoxy groups -OCH3 is 1. The Morgan fingerprint density at radius 2 is 1.65 bits per heavy atom. The molecule has 0 atom stereocenters. The van der Waals surface area contributed by atoms with E-state index in [0.29, 0.717) is 34.8 Å². The highest BCUT2D eigenvalue weighted by atomic mass is 16.5. The van der Waals surface area contributed by atoms with Crippen molar-refractivity contribution in [3.63, 3.8) is 0 Å². The molecule has 0 saturated carbocycles. The number of carbonyl (C=O) groups is 2. The molecule has 0 aliphatic carbocycles. The van der Waals surface area contributed by atoms with E-state index in [1.165, 1.54) is 26.4 Å². The standard InChI is InChI=1S/C35H47N5O3/c1-23-28(19-27(20-37-23)39-33(42)29-17-26(34(2,3)4)18-30(36)31(29)43-7)24-11-13-25(14-12-24)32(41)38-21-35(5,6)22-40-15-9-8-10-16-40/h11-14,17-20H,8-10,15-16,21-22,36H2,1-7H3,(H,38,41)(H,39,42). The zero-order chi connectivity index (χ0) is 31.4. The van der Waals surface area contributed by atoms with Gasteiger partial charge in [-0.1, -0.05) is 53.2 Å². The van der Waals surface area contributed by atoms with E-state index in [1.54, 1.807) is 6.20 Å². The number of rotatable bonds is 9. The van der Waals surface area contributed by atoms with Crippen LogP contribution in [0.5, 0.6) is 5.75 Å². The molecule has 43 heavy (non-hydrogen) atoms. The van der Waals surface area contributed by atoms with Crippen LogP contribution in [0, 0.1) is 12.3 Å². The summed E-state index contributed by atoms with van der Waals surface area (Å²) >= 11 is 0. The number of piperidine rings is 1. The number of aromatic nitrogens is 1. The minimum atomic E-state index is -0.332. The fraction of sp³-hybridized carbons (Fsp3) is 0.457. The molecule has 1 saturated heterocycles. The summed E-state index contributed by atoms with van der Waals surface area (Å²) in [7, 11) is 1.51. The molecule has 1 fully saturated rings. The topological polar surface area (TPSA) is 110 Å². The number of aryl methyl sites for hydroxylation is 1. The lowest BCUT2D eigenvalue weighted by Gasteiger charge is -2.35. The smallest absolute Gasteiger partial charge is 0.259 e. The first-order chi connectivity index (χ1) is 20.3. The van der Waals surface area contributed by atoms with E-state index < -0.39 is 0 Å². The largest absolute Gasteiger partial charge is 0.494 e. The number of hydrogen-bond donors (Lipinski definition) is 3. The lowest BCUT2D eigenvalue weighted by atomic mass is 9.85. The highest BCUT2D eigenvalue weighted by Gasteiger charge is 2.25. The van der Waals surface area contributed by atoms with E-state index in [9.17, 15) is 9.59 Å². The predicted molar refractivity (Wildman–Crippen MR) is 175 cm³/mol. The van der Waals surface area contributed by atoms with Crippen LogP contribution in [0.1, 0.15) is 85.9 Å². The van der Waals surface area contributed by atoms with Crippen LogP contribution in [0.25, 0.3) is 11.1 Å². The van der Waals surface area contributed by atoms with Gasteiger partial charge in [0.2, 0.25) is 0 Å². The van der Waals surface area contributed by atoms with Gasteiger partial charge in [0, 0.05) is 29.9 Å². The third kappa shape index (κ3) is 8.14. The monoisotopic (exact) mass is 585 g/mol. The summed E-state index contributed by atoms with van der Waals surface area (Å²) in [5.41, 5.74) is 11.5. The number of nitrogens with zero attached hydrogens (tertiary/aromatic N) is 2. The minimum absolute atomic E-state index is 0.00953. The van der Waals surface area contributed by atoms with E-state index in [-0.39, 0.29) is 22.6 Å². The third-order valence-electron chi connectivity index (χ3n) is 8.06. The Kier molecular flexibility index (Phi) is 9.80. The second-order valence-corrected chi connectivity index (χ2v) is 13.5. The molecular formula is C35H47N5O3. The van der Waals surface area contributed by atoms with Crippen LogP contribution < -0.4 is 21.1 Å². The van der Waals surface area contributed by atoms with Crippen molar-refractivity contribution in [1.82, 2.24) is 15.2 Å². The fourth-order valence-corrected chi connectivity index (χ4v) is 5.57. The van der Waals surface area contributed by atoms with E-state index >= 15 is 0 Å². The van der Waals surface area contributed by atoms with Gasteiger partial charge in [-0.2, -0.15) is 0 Å². The molecule has 8 heteroatoms. The third-order valence-corrected chi connectivity index (χ3v) is 8.06. The zero-order valence-electron chi connectivity index (χ0n) is 26.8. The van der Waals surface area contributed by atoms with E-state index in [1.807, 2.05) is 49.4 Å². The van der Waals surface area contributed by atoms with Crippen molar-refractivity contribution < 1.29 is 14.3 Å². The summed E-state index contributed by atoms with van der Waals surface area (Å²) in [5, 5.41) is 6.09. The maximum atomic E-state index is 13.4. The molecule has 4 rings (SSSR count). The van der Waals surface area contributed by atoms with Crippen LogP contribution in [0.2, 0.25) is 0 Å². The van der Waals surface area contributed by atoms with Crippen molar-refractivity contribution >= 4 is 23.2 Å². The Morgan fingerprint density at radius 3 is 2.28 bits per heavy atom.